The van der Waals surface area contributed by atoms with Gasteiger partial charge in [0.2, 0.25) is 0 Å². The molecule has 0 aliphatic carbocycles. The number of ether oxygens (including phenoxy) is 2. The Balaban J connectivity index is 1.74. The zero-order valence-electron chi connectivity index (χ0n) is 15.4. The quantitative estimate of drug-likeness (QED) is 0.479. The van der Waals surface area contributed by atoms with E-state index in [1.54, 1.807) is 6.07 Å². The van der Waals surface area contributed by atoms with Gasteiger partial charge < -0.3 is 13.9 Å². The molecule has 4 rings (SSSR count). The molecule has 28 heavy (non-hydrogen) atoms. The molecule has 2 aromatic heterocycles. The van der Waals surface area contributed by atoms with E-state index in [1.807, 2.05) is 78.2 Å². The number of aryl methyl sites for hydroxylation is 1. The van der Waals surface area contributed by atoms with Crippen LogP contribution in [0.4, 0.5) is 0 Å². The first kappa shape index (κ1) is 17.6. The van der Waals surface area contributed by atoms with E-state index in [0.29, 0.717) is 11.3 Å². The van der Waals surface area contributed by atoms with E-state index in [9.17, 15) is 4.79 Å². The molecule has 0 unspecified atom stereocenters. The molecule has 0 fully saturated rings. The predicted molar refractivity (Wildman–Crippen MR) is 106 cm³/mol. The van der Waals surface area contributed by atoms with E-state index in [0.717, 1.165) is 27.5 Å². The fourth-order valence-electron chi connectivity index (χ4n) is 3.32. The number of carbonyl (C=O) groups excluding carboxylic acids is 1. The third-order valence-corrected chi connectivity index (χ3v) is 4.74. The summed E-state index contributed by atoms with van der Waals surface area (Å²) in [6.45, 7) is 2.19. The molecule has 2 aromatic carbocycles. The van der Waals surface area contributed by atoms with Crippen LogP contribution < -0.4 is 4.74 Å². The van der Waals surface area contributed by atoms with Crippen molar-refractivity contribution in [2.45, 2.75) is 13.5 Å². The Hall–Kier alpha value is -3.78. The van der Waals surface area contributed by atoms with Gasteiger partial charge in [0.15, 0.2) is 6.61 Å². The number of nitriles is 1. The lowest BCUT2D eigenvalue weighted by Crippen LogP contribution is -2.06. The fraction of sp³-hybridized carbons (Fsp3) is 0.130. The van der Waals surface area contributed by atoms with Gasteiger partial charge in [0.25, 0.3) is 0 Å². The number of nitrogens with zero attached hydrogens (tertiary/aromatic N) is 2. The Morgan fingerprint density at radius 2 is 1.89 bits per heavy atom. The van der Waals surface area contributed by atoms with E-state index in [1.165, 1.54) is 0 Å². The summed E-state index contributed by atoms with van der Waals surface area (Å²) in [6, 6.07) is 20.9. The standard InChI is InChI=1S/C23H18N2O3/c1-16-6-2-3-7-17(16)15-28-23(26)22-19-10-9-18(27-13-11-24)14-21(19)25-12-5-4-8-20(22)25/h2-10,12,14H,13,15H2,1H3. The number of aromatic nitrogens is 1. The van der Waals surface area contributed by atoms with Gasteiger partial charge in [-0.25, -0.2) is 4.79 Å². The normalized spacial score (nSPS) is 10.7. The monoisotopic (exact) mass is 370 g/mol. The molecule has 5 nitrogen and oxygen atoms in total. The summed E-state index contributed by atoms with van der Waals surface area (Å²) in [4.78, 5) is 13.0. The summed E-state index contributed by atoms with van der Waals surface area (Å²) in [6.07, 6.45) is 1.89. The van der Waals surface area contributed by atoms with Crippen molar-refractivity contribution >= 4 is 22.4 Å². The average Bonchev–Trinajstić information content (AvgIpc) is 3.05. The van der Waals surface area contributed by atoms with Crippen LogP contribution in [0.15, 0.2) is 66.9 Å². The highest BCUT2D eigenvalue weighted by Gasteiger charge is 2.20. The predicted octanol–water partition coefficient (Wildman–Crippen LogP) is 4.66. The number of hydrogen-bond acceptors (Lipinski definition) is 4. The summed E-state index contributed by atoms with van der Waals surface area (Å²) in [7, 11) is 0. The molecule has 4 aromatic rings. The second kappa shape index (κ2) is 7.45. The zero-order chi connectivity index (χ0) is 19.5. The van der Waals surface area contributed by atoms with Gasteiger partial charge in [-0.05, 0) is 42.3 Å². The van der Waals surface area contributed by atoms with Crippen molar-refractivity contribution in [2.75, 3.05) is 6.61 Å². The second-order valence-electron chi connectivity index (χ2n) is 6.46. The number of benzene rings is 2. The van der Waals surface area contributed by atoms with Crippen molar-refractivity contribution in [2.24, 2.45) is 0 Å². The van der Waals surface area contributed by atoms with Crippen LogP contribution in [0.5, 0.6) is 5.75 Å². The van der Waals surface area contributed by atoms with Crippen molar-refractivity contribution in [3.8, 4) is 11.8 Å². The summed E-state index contributed by atoms with van der Waals surface area (Å²) in [5, 5.41) is 9.50. The minimum Gasteiger partial charge on any atom is -0.479 e. The Labute approximate surface area is 162 Å². The van der Waals surface area contributed by atoms with E-state index in [4.69, 9.17) is 14.7 Å². The third-order valence-electron chi connectivity index (χ3n) is 4.74. The summed E-state index contributed by atoms with van der Waals surface area (Å²) in [5.74, 6) is 0.213. The van der Waals surface area contributed by atoms with Crippen molar-refractivity contribution in [3.63, 3.8) is 0 Å². The molecule has 0 radical (unpaired) electrons. The van der Waals surface area contributed by atoms with Crippen LogP contribution in [0.1, 0.15) is 21.5 Å². The Morgan fingerprint density at radius 1 is 1.07 bits per heavy atom. The largest absolute Gasteiger partial charge is 0.479 e. The molecule has 0 saturated carbocycles. The van der Waals surface area contributed by atoms with Gasteiger partial charge in [0.05, 0.1) is 16.6 Å². The molecule has 0 atom stereocenters. The molecule has 0 bridgehead atoms. The maximum atomic E-state index is 13.0. The van der Waals surface area contributed by atoms with Gasteiger partial charge in [-0.15, -0.1) is 0 Å². The lowest BCUT2D eigenvalue weighted by atomic mass is 10.1. The fourth-order valence-corrected chi connectivity index (χ4v) is 3.32. The number of pyridine rings is 1. The number of rotatable bonds is 5. The zero-order valence-corrected chi connectivity index (χ0v) is 15.4. The third kappa shape index (κ3) is 3.17. The highest BCUT2D eigenvalue weighted by atomic mass is 16.5. The molecule has 0 aliphatic heterocycles. The SMILES string of the molecule is Cc1ccccc1COC(=O)c1c2ccc(OCC#N)cc2n2ccccc12. The van der Waals surface area contributed by atoms with E-state index in [2.05, 4.69) is 0 Å². The van der Waals surface area contributed by atoms with Crippen LogP contribution >= 0.6 is 0 Å². The minimum absolute atomic E-state index is 0.0276. The first-order chi connectivity index (χ1) is 13.7. The van der Waals surface area contributed by atoms with Crippen LogP contribution in [0, 0.1) is 18.3 Å². The minimum atomic E-state index is -0.368. The second-order valence-corrected chi connectivity index (χ2v) is 6.46. The Bertz CT molecular complexity index is 1220. The summed E-state index contributed by atoms with van der Waals surface area (Å²) < 4.78 is 13.0. The molecule has 5 heteroatoms. The lowest BCUT2D eigenvalue weighted by Gasteiger charge is -2.07. The molecule has 0 saturated heterocycles. The van der Waals surface area contributed by atoms with Gasteiger partial charge in [0, 0.05) is 17.6 Å². The molecule has 0 aliphatic rings. The van der Waals surface area contributed by atoms with Crippen molar-refractivity contribution in [3.05, 3.63) is 83.6 Å². The number of hydrogen-bond donors (Lipinski definition) is 0. The lowest BCUT2D eigenvalue weighted by molar-refractivity contribution is 0.0476. The van der Waals surface area contributed by atoms with E-state index in [-0.39, 0.29) is 19.2 Å². The molecular formula is C23H18N2O3. The molecule has 2 heterocycles. The van der Waals surface area contributed by atoms with Crippen LogP contribution in [0.2, 0.25) is 0 Å². The summed E-state index contributed by atoms with van der Waals surface area (Å²) >= 11 is 0. The molecule has 0 spiro atoms. The first-order valence-electron chi connectivity index (χ1n) is 8.93. The van der Waals surface area contributed by atoms with Gasteiger partial charge >= 0.3 is 5.97 Å². The van der Waals surface area contributed by atoms with Gasteiger partial charge in [-0.1, -0.05) is 30.3 Å². The van der Waals surface area contributed by atoms with E-state index >= 15 is 0 Å². The smallest absolute Gasteiger partial charge is 0.341 e. The number of fused-ring (bicyclic) bond motifs is 3. The van der Waals surface area contributed by atoms with Crippen LogP contribution in [-0.2, 0) is 11.3 Å². The number of carbonyl (C=O) groups is 1. The van der Waals surface area contributed by atoms with Gasteiger partial charge in [0.1, 0.15) is 18.4 Å². The molecule has 0 amide bonds. The van der Waals surface area contributed by atoms with Gasteiger partial charge in [-0.2, -0.15) is 5.26 Å². The van der Waals surface area contributed by atoms with Crippen molar-refractivity contribution in [1.29, 1.82) is 5.26 Å². The maximum absolute atomic E-state index is 13.0. The van der Waals surface area contributed by atoms with Crippen molar-refractivity contribution in [1.82, 2.24) is 4.40 Å². The maximum Gasteiger partial charge on any atom is 0.341 e. The van der Waals surface area contributed by atoms with Crippen LogP contribution in [0.25, 0.3) is 16.4 Å². The van der Waals surface area contributed by atoms with Gasteiger partial charge in [-0.3, -0.25) is 0 Å². The van der Waals surface area contributed by atoms with Crippen molar-refractivity contribution < 1.29 is 14.3 Å². The molecular weight excluding hydrogens is 352 g/mol. The number of esters is 1. The van der Waals surface area contributed by atoms with Crippen LogP contribution in [-0.4, -0.2) is 17.0 Å². The highest BCUT2D eigenvalue weighted by Crippen LogP contribution is 2.30. The average molecular weight is 370 g/mol. The van der Waals surface area contributed by atoms with Crippen LogP contribution in [0.3, 0.4) is 0 Å². The topological polar surface area (TPSA) is 63.7 Å². The summed E-state index contributed by atoms with van der Waals surface area (Å²) in [5.41, 5.74) is 4.19. The first-order valence-corrected chi connectivity index (χ1v) is 8.93. The molecule has 138 valence electrons. The Kier molecular flexibility index (Phi) is 4.69. The Morgan fingerprint density at radius 3 is 2.71 bits per heavy atom. The highest BCUT2D eigenvalue weighted by molar-refractivity contribution is 6.11. The molecule has 0 N–H and O–H groups in total. The van der Waals surface area contributed by atoms with E-state index < -0.39 is 0 Å².